The molecule has 0 N–H and O–H groups in total. The first-order valence-electron chi connectivity index (χ1n) is 5.98. The van der Waals surface area contributed by atoms with Crippen molar-refractivity contribution < 1.29 is 0 Å². The van der Waals surface area contributed by atoms with E-state index in [1.54, 1.807) is 0 Å². The van der Waals surface area contributed by atoms with Crippen molar-refractivity contribution in [1.82, 2.24) is 0 Å². The Labute approximate surface area is 108 Å². The van der Waals surface area contributed by atoms with Gasteiger partial charge in [-0.05, 0) is 43.0 Å². The van der Waals surface area contributed by atoms with Gasteiger partial charge in [0.15, 0.2) is 0 Å². The lowest BCUT2D eigenvalue weighted by molar-refractivity contribution is 1.13. The second-order valence-electron chi connectivity index (χ2n) is 4.49. The average molecular weight is 245 g/mol. The average Bonchev–Trinajstić information content (AvgIpc) is 2.28. The van der Waals surface area contributed by atoms with Crippen LogP contribution in [-0.2, 0) is 6.42 Å². The highest BCUT2D eigenvalue weighted by Crippen LogP contribution is 2.32. The van der Waals surface area contributed by atoms with Crippen molar-refractivity contribution in [3.63, 3.8) is 0 Å². The van der Waals surface area contributed by atoms with Gasteiger partial charge >= 0.3 is 0 Å². The van der Waals surface area contributed by atoms with Crippen molar-refractivity contribution in [2.45, 2.75) is 27.2 Å². The zero-order valence-electron chi connectivity index (χ0n) is 10.5. The Bertz CT molecular complexity index is 521. The van der Waals surface area contributed by atoms with Crippen molar-refractivity contribution >= 4 is 11.6 Å². The number of halogens is 1. The summed E-state index contributed by atoms with van der Waals surface area (Å²) >= 11 is 6.31. The smallest absolute Gasteiger partial charge is 0.0487 e. The molecule has 0 aromatic heterocycles. The SMILES string of the molecule is CCc1cc(C)cc(-c2c(C)cccc2Cl)c1. The lowest BCUT2D eigenvalue weighted by Gasteiger charge is -2.11. The maximum Gasteiger partial charge on any atom is 0.0487 e. The normalized spacial score (nSPS) is 10.6. The van der Waals surface area contributed by atoms with Crippen LogP contribution in [0.5, 0.6) is 0 Å². The highest BCUT2D eigenvalue weighted by Gasteiger charge is 2.07. The summed E-state index contributed by atoms with van der Waals surface area (Å²) in [7, 11) is 0. The van der Waals surface area contributed by atoms with Crippen LogP contribution in [0.25, 0.3) is 11.1 Å². The van der Waals surface area contributed by atoms with Gasteiger partial charge in [0.05, 0.1) is 0 Å². The van der Waals surface area contributed by atoms with Crippen LogP contribution >= 0.6 is 11.6 Å². The quantitative estimate of drug-likeness (QED) is 0.682. The molecule has 0 saturated carbocycles. The van der Waals surface area contributed by atoms with Crippen molar-refractivity contribution in [2.75, 3.05) is 0 Å². The first-order valence-corrected chi connectivity index (χ1v) is 6.35. The number of benzene rings is 2. The Morgan fingerprint density at radius 1 is 1.06 bits per heavy atom. The summed E-state index contributed by atoms with van der Waals surface area (Å²) < 4.78 is 0. The summed E-state index contributed by atoms with van der Waals surface area (Å²) in [5, 5.41) is 0.831. The van der Waals surface area contributed by atoms with Crippen LogP contribution in [0.2, 0.25) is 5.02 Å². The molecule has 0 bridgehead atoms. The Kier molecular flexibility index (Phi) is 3.54. The first-order chi connectivity index (χ1) is 8.11. The summed E-state index contributed by atoms with van der Waals surface area (Å²) in [6.45, 7) is 6.42. The molecule has 17 heavy (non-hydrogen) atoms. The fourth-order valence-corrected chi connectivity index (χ4v) is 2.54. The van der Waals surface area contributed by atoms with Crippen molar-refractivity contribution in [2.24, 2.45) is 0 Å². The van der Waals surface area contributed by atoms with Gasteiger partial charge in [0, 0.05) is 10.6 Å². The molecule has 0 nitrogen and oxygen atoms in total. The van der Waals surface area contributed by atoms with Crippen LogP contribution < -0.4 is 0 Å². The zero-order valence-corrected chi connectivity index (χ0v) is 11.3. The zero-order chi connectivity index (χ0) is 12.4. The molecular formula is C16H17Cl. The van der Waals surface area contributed by atoms with E-state index in [9.17, 15) is 0 Å². The molecule has 0 aliphatic carbocycles. The van der Waals surface area contributed by atoms with Crippen LogP contribution in [0.1, 0.15) is 23.6 Å². The molecule has 0 spiro atoms. The van der Waals surface area contributed by atoms with Gasteiger partial charge in [0.1, 0.15) is 0 Å². The highest BCUT2D eigenvalue weighted by molar-refractivity contribution is 6.33. The molecule has 0 aliphatic heterocycles. The number of rotatable bonds is 2. The van der Waals surface area contributed by atoms with E-state index in [4.69, 9.17) is 11.6 Å². The largest absolute Gasteiger partial charge is 0.0837 e. The van der Waals surface area contributed by atoms with Gasteiger partial charge in [-0.1, -0.05) is 54.4 Å². The van der Waals surface area contributed by atoms with Crippen LogP contribution in [0.15, 0.2) is 36.4 Å². The third-order valence-corrected chi connectivity index (χ3v) is 3.37. The van der Waals surface area contributed by atoms with Gasteiger partial charge in [-0.2, -0.15) is 0 Å². The Morgan fingerprint density at radius 3 is 2.47 bits per heavy atom. The molecule has 2 rings (SSSR count). The summed E-state index contributed by atoms with van der Waals surface area (Å²) in [6, 6.07) is 12.7. The third-order valence-electron chi connectivity index (χ3n) is 3.06. The van der Waals surface area contributed by atoms with Crippen LogP contribution in [0.4, 0.5) is 0 Å². The summed E-state index contributed by atoms with van der Waals surface area (Å²) in [6.07, 6.45) is 1.05. The Morgan fingerprint density at radius 2 is 1.82 bits per heavy atom. The summed E-state index contributed by atoms with van der Waals surface area (Å²) in [5.74, 6) is 0. The Balaban J connectivity index is 2.64. The monoisotopic (exact) mass is 244 g/mol. The van der Waals surface area contributed by atoms with Crippen LogP contribution in [0.3, 0.4) is 0 Å². The topological polar surface area (TPSA) is 0 Å². The molecule has 2 aromatic rings. The van der Waals surface area contributed by atoms with Gasteiger partial charge in [-0.15, -0.1) is 0 Å². The number of aryl methyl sites for hydroxylation is 3. The molecule has 0 atom stereocenters. The van der Waals surface area contributed by atoms with Crippen molar-refractivity contribution in [3.8, 4) is 11.1 Å². The molecule has 0 saturated heterocycles. The predicted molar refractivity (Wildman–Crippen MR) is 75.7 cm³/mol. The van der Waals surface area contributed by atoms with Crippen LogP contribution in [0, 0.1) is 13.8 Å². The Hall–Kier alpha value is -1.27. The molecular weight excluding hydrogens is 228 g/mol. The van der Waals surface area contributed by atoms with E-state index >= 15 is 0 Å². The molecule has 2 aromatic carbocycles. The van der Waals surface area contributed by atoms with Crippen LogP contribution in [-0.4, -0.2) is 0 Å². The minimum Gasteiger partial charge on any atom is -0.0837 e. The molecule has 0 fully saturated rings. The molecule has 0 heterocycles. The molecule has 1 heteroatoms. The predicted octanol–water partition coefficient (Wildman–Crippen LogP) is 5.19. The minimum atomic E-state index is 0.831. The van der Waals surface area contributed by atoms with Gasteiger partial charge in [0.2, 0.25) is 0 Å². The molecule has 0 radical (unpaired) electrons. The maximum atomic E-state index is 6.31. The second kappa shape index (κ2) is 4.93. The lowest BCUT2D eigenvalue weighted by Crippen LogP contribution is -1.89. The summed E-state index contributed by atoms with van der Waals surface area (Å²) in [5.41, 5.74) is 6.26. The first kappa shape index (κ1) is 12.2. The fourth-order valence-electron chi connectivity index (χ4n) is 2.21. The molecule has 88 valence electrons. The van der Waals surface area contributed by atoms with E-state index in [1.165, 1.54) is 22.3 Å². The minimum absolute atomic E-state index is 0.831. The van der Waals surface area contributed by atoms with Gasteiger partial charge in [0.25, 0.3) is 0 Å². The lowest BCUT2D eigenvalue weighted by atomic mass is 9.96. The van der Waals surface area contributed by atoms with E-state index in [0.29, 0.717) is 0 Å². The molecule has 0 unspecified atom stereocenters. The van der Waals surface area contributed by atoms with Gasteiger partial charge < -0.3 is 0 Å². The van der Waals surface area contributed by atoms with Gasteiger partial charge in [-0.3, -0.25) is 0 Å². The third kappa shape index (κ3) is 2.53. The van der Waals surface area contributed by atoms with E-state index in [2.05, 4.69) is 45.0 Å². The highest BCUT2D eigenvalue weighted by atomic mass is 35.5. The maximum absolute atomic E-state index is 6.31. The standard InChI is InChI=1S/C16H17Cl/c1-4-13-8-11(2)9-14(10-13)16-12(3)6-5-7-15(16)17/h5-10H,4H2,1-3H3. The summed E-state index contributed by atoms with van der Waals surface area (Å²) in [4.78, 5) is 0. The molecule has 0 amide bonds. The van der Waals surface area contributed by atoms with E-state index in [-0.39, 0.29) is 0 Å². The van der Waals surface area contributed by atoms with E-state index < -0.39 is 0 Å². The van der Waals surface area contributed by atoms with E-state index in [0.717, 1.165) is 17.0 Å². The fraction of sp³-hybridized carbons (Fsp3) is 0.250. The number of hydrogen-bond acceptors (Lipinski definition) is 0. The van der Waals surface area contributed by atoms with E-state index in [1.807, 2.05) is 12.1 Å². The molecule has 0 aliphatic rings. The van der Waals surface area contributed by atoms with Crippen molar-refractivity contribution in [1.29, 1.82) is 0 Å². The number of hydrogen-bond donors (Lipinski definition) is 0. The van der Waals surface area contributed by atoms with Crippen molar-refractivity contribution in [3.05, 3.63) is 58.1 Å². The van der Waals surface area contributed by atoms with Gasteiger partial charge in [-0.25, -0.2) is 0 Å². The second-order valence-corrected chi connectivity index (χ2v) is 4.90.